The Kier molecular flexibility index (Phi) is 4.17. The highest BCUT2D eigenvalue weighted by atomic mass is 16.6. The molecule has 2 aromatic heterocycles. The lowest BCUT2D eigenvalue weighted by Gasteiger charge is -2.19. The zero-order chi connectivity index (χ0) is 19.8. The number of nitrogens with zero attached hydrogens (tertiary/aromatic N) is 2. The summed E-state index contributed by atoms with van der Waals surface area (Å²) in [6.45, 7) is 1.13. The first kappa shape index (κ1) is 17.3. The predicted octanol–water partition coefficient (Wildman–Crippen LogP) is 4.28. The van der Waals surface area contributed by atoms with Crippen molar-refractivity contribution < 1.29 is 19.0 Å². The van der Waals surface area contributed by atoms with Crippen LogP contribution < -0.4 is 14.2 Å². The fraction of sp³-hybridized carbons (Fsp3) is 0.130. The van der Waals surface area contributed by atoms with Gasteiger partial charge in [0.05, 0.1) is 24.5 Å². The standard InChI is InChI=1S/C23H18N2O4/c1-27-22-12-16(13-24-19(22)14-26)25-8-7-18-17(3-2-4-20(18)25)15-5-6-21-23(11-15)29-10-9-28-21/h2-8,11-14H,9-10H2,1H3. The van der Waals surface area contributed by atoms with E-state index in [1.807, 2.05) is 41.1 Å². The summed E-state index contributed by atoms with van der Waals surface area (Å²) in [7, 11) is 1.53. The van der Waals surface area contributed by atoms with Gasteiger partial charge in [-0.3, -0.25) is 4.79 Å². The van der Waals surface area contributed by atoms with Crippen LogP contribution in [0, 0.1) is 0 Å². The minimum Gasteiger partial charge on any atom is -0.494 e. The summed E-state index contributed by atoms with van der Waals surface area (Å²) in [5, 5.41) is 1.10. The first-order valence-electron chi connectivity index (χ1n) is 9.28. The van der Waals surface area contributed by atoms with Gasteiger partial charge in [0, 0.05) is 17.6 Å². The molecule has 6 heteroatoms. The molecule has 0 atom stereocenters. The largest absolute Gasteiger partial charge is 0.494 e. The lowest BCUT2D eigenvalue weighted by Crippen LogP contribution is -2.15. The smallest absolute Gasteiger partial charge is 0.172 e. The van der Waals surface area contributed by atoms with Crippen LogP contribution in [0.3, 0.4) is 0 Å². The molecule has 0 radical (unpaired) electrons. The number of hydrogen-bond donors (Lipinski definition) is 0. The van der Waals surface area contributed by atoms with E-state index in [0.29, 0.717) is 25.2 Å². The van der Waals surface area contributed by atoms with E-state index in [4.69, 9.17) is 14.2 Å². The zero-order valence-electron chi connectivity index (χ0n) is 15.8. The number of rotatable bonds is 4. The van der Waals surface area contributed by atoms with Crippen LogP contribution in [0.15, 0.2) is 60.9 Å². The third kappa shape index (κ3) is 2.89. The summed E-state index contributed by atoms with van der Waals surface area (Å²) in [5.41, 5.74) is 4.29. The van der Waals surface area contributed by atoms with Crippen molar-refractivity contribution in [3.05, 3.63) is 66.6 Å². The van der Waals surface area contributed by atoms with Crippen LogP contribution in [0.1, 0.15) is 10.5 Å². The Bertz CT molecular complexity index is 1230. The van der Waals surface area contributed by atoms with Crippen molar-refractivity contribution in [1.29, 1.82) is 0 Å². The van der Waals surface area contributed by atoms with Gasteiger partial charge in [-0.2, -0.15) is 0 Å². The molecule has 1 aliphatic heterocycles. The molecule has 144 valence electrons. The van der Waals surface area contributed by atoms with E-state index in [2.05, 4.69) is 23.2 Å². The Morgan fingerprint density at radius 1 is 1.07 bits per heavy atom. The Morgan fingerprint density at radius 3 is 2.76 bits per heavy atom. The molecule has 4 aromatic rings. The van der Waals surface area contributed by atoms with Crippen LogP contribution in [-0.4, -0.2) is 36.2 Å². The van der Waals surface area contributed by atoms with Crippen LogP contribution in [0.25, 0.3) is 27.7 Å². The van der Waals surface area contributed by atoms with Crippen LogP contribution >= 0.6 is 0 Å². The second-order valence-electron chi connectivity index (χ2n) is 6.68. The van der Waals surface area contributed by atoms with Gasteiger partial charge in [0.2, 0.25) is 0 Å². The molecule has 0 bridgehead atoms. The monoisotopic (exact) mass is 386 g/mol. The fourth-order valence-electron chi connectivity index (χ4n) is 3.68. The second-order valence-corrected chi connectivity index (χ2v) is 6.68. The third-order valence-corrected chi connectivity index (χ3v) is 5.06. The molecule has 5 rings (SSSR count). The molecule has 29 heavy (non-hydrogen) atoms. The molecule has 0 saturated carbocycles. The molecular weight excluding hydrogens is 368 g/mol. The summed E-state index contributed by atoms with van der Waals surface area (Å²) < 4.78 is 18.7. The normalized spacial score (nSPS) is 12.7. The van der Waals surface area contributed by atoms with Crippen molar-refractivity contribution >= 4 is 17.2 Å². The van der Waals surface area contributed by atoms with Crippen LogP contribution in [-0.2, 0) is 0 Å². The minimum absolute atomic E-state index is 0.282. The van der Waals surface area contributed by atoms with Gasteiger partial charge in [0.25, 0.3) is 0 Å². The maximum atomic E-state index is 11.1. The van der Waals surface area contributed by atoms with Crippen LogP contribution in [0.4, 0.5) is 0 Å². The van der Waals surface area contributed by atoms with Gasteiger partial charge in [-0.05, 0) is 35.4 Å². The van der Waals surface area contributed by atoms with Crippen molar-refractivity contribution in [2.24, 2.45) is 0 Å². The predicted molar refractivity (Wildman–Crippen MR) is 109 cm³/mol. The third-order valence-electron chi connectivity index (χ3n) is 5.06. The summed E-state index contributed by atoms with van der Waals surface area (Å²) in [6, 6.07) is 16.1. The quantitative estimate of drug-likeness (QED) is 0.490. The van der Waals surface area contributed by atoms with E-state index in [1.54, 1.807) is 6.20 Å². The fourth-order valence-corrected chi connectivity index (χ4v) is 3.68. The molecule has 0 spiro atoms. The number of methoxy groups -OCH3 is 1. The van der Waals surface area contributed by atoms with Gasteiger partial charge in [-0.25, -0.2) is 4.98 Å². The number of carbonyl (C=O) groups is 1. The first-order chi connectivity index (χ1) is 14.3. The van der Waals surface area contributed by atoms with Gasteiger partial charge >= 0.3 is 0 Å². The maximum absolute atomic E-state index is 11.1. The van der Waals surface area contributed by atoms with Crippen LogP contribution in [0.5, 0.6) is 17.2 Å². The Balaban J connectivity index is 1.63. The SMILES string of the molecule is COc1cc(-n2ccc3c(-c4ccc5c(c4)OCCO5)cccc32)cnc1C=O. The number of hydrogen-bond acceptors (Lipinski definition) is 5. The lowest BCUT2D eigenvalue weighted by atomic mass is 10.0. The summed E-state index contributed by atoms with van der Waals surface area (Å²) in [4.78, 5) is 15.3. The molecular formula is C23H18N2O4. The topological polar surface area (TPSA) is 62.6 Å². The van der Waals surface area contributed by atoms with Gasteiger partial charge < -0.3 is 18.8 Å². The average molecular weight is 386 g/mol. The number of aldehydes is 1. The van der Waals surface area contributed by atoms with Gasteiger partial charge in [-0.1, -0.05) is 18.2 Å². The molecule has 2 aromatic carbocycles. The zero-order valence-corrected chi connectivity index (χ0v) is 15.8. The number of fused-ring (bicyclic) bond motifs is 2. The van der Waals surface area contributed by atoms with Crippen molar-refractivity contribution in [2.75, 3.05) is 20.3 Å². The van der Waals surface area contributed by atoms with Crippen molar-refractivity contribution in [3.8, 4) is 34.1 Å². The Labute approximate surface area is 167 Å². The Morgan fingerprint density at radius 2 is 1.93 bits per heavy atom. The van der Waals surface area contributed by atoms with E-state index in [1.165, 1.54) is 7.11 Å². The maximum Gasteiger partial charge on any atom is 0.172 e. The molecule has 0 unspecified atom stereocenters. The molecule has 0 fully saturated rings. The highest BCUT2D eigenvalue weighted by molar-refractivity contribution is 5.96. The average Bonchev–Trinajstić information content (AvgIpc) is 3.22. The summed E-state index contributed by atoms with van der Waals surface area (Å²) in [6.07, 6.45) is 4.35. The van der Waals surface area contributed by atoms with Crippen molar-refractivity contribution in [1.82, 2.24) is 9.55 Å². The molecule has 1 aliphatic rings. The minimum atomic E-state index is 0.282. The molecule has 0 aliphatic carbocycles. The number of pyridine rings is 1. The second kappa shape index (κ2) is 6.98. The van der Waals surface area contributed by atoms with E-state index in [9.17, 15) is 4.79 Å². The molecule has 0 amide bonds. The first-order valence-corrected chi connectivity index (χ1v) is 9.28. The summed E-state index contributed by atoms with van der Waals surface area (Å²) in [5.74, 6) is 1.99. The van der Waals surface area contributed by atoms with Gasteiger partial charge in [0.15, 0.2) is 17.8 Å². The number of aromatic nitrogens is 2. The summed E-state index contributed by atoms with van der Waals surface area (Å²) >= 11 is 0. The lowest BCUT2D eigenvalue weighted by molar-refractivity contribution is 0.111. The highest BCUT2D eigenvalue weighted by Crippen LogP contribution is 2.37. The molecule has 0 saturated heterocycles. The van der Waals surface area contributed by atoms with E-state index >= 15 is 0 Å². The van der Waals surface area contributed by atoms with Gasteiger partial charge in [-0.15, -0.1) is 0 Å². The molecule has 0 N–H and O–H groups in total. The van der Waals surface area contributed by atoms with Gasteiger partial charge in [0.1, 0.15) is 24.7 Å². The van der Waals surface area contributed by atoms with Crippen molar-refractivity contribution in [2.45, 2.75) is 0 Å². The highest BCUT2D eigenvalue weighted by Gasteiger charge is 2.15. The molecule has 3 heterocycles. The van der Waals surface area contributed by atoms with E-state index in [0.717, 1.165) is 39.2 Å². The van der Waals surface area contributed by atoms with E-state index in [-0.39, 0.29) is 5.69 Å². The van der Waals surface area contributed by atoms with E-state index < -0.39 is 0 Å². The number of benzene rings is 2. The van der Waals surface area contributed by atoms with Crippen molar-refractivity contribution in [3.63, 3.8) is 0 Å². The Hall–Kier alpha value is -3.80. The number of ether oxygens (including phenoxy) is 3. The molecule has 6 nitrogen and oxygen atoms in total. The number of carbonyl (C=O) groups excluding carboxylic acids is 1. The van der Waals surface area contributed by atoms with Crippen LogP contribution in [0.2, 0.25) is 0 Å².